The van der Waals surface area contributed by atoms with E-state index in [1.54, 1.807) is 24.3 Å². The van der Waals surface area contributed by atoms with Crippen molar-refractivity contribution < 1.29 is 14.7 Å². The SMILES string of the molecule is O=C1C=CC(=O)N1c1ccc(C#CCO)cc1. The molecule has 1 heterocycles. The maximum Gasteiger partial charge on any atom is 0.258 e. The second kappa shape index (κ2) is 4.64. The van der Waals surface area contributed by atoms with Gasteiger partial charge in [0.05, 0.1) is 5.69 Å². The molecule has 2 amide bonds. The summed E-state index contributed by atoms with van der Waals surface area (Å²) >= 11 is 0. The number of nitrogens with zero attached hydrogens (tertiary/aromatic N) is 1. The molecular weight excluding hydrogens is 218 g/mol. The molecule has 17 heavy (non-hydrogen) atoms. The fourth-order valence-corrected chi connectivity index (χ4v) is 1.49. The number of rotatable bonds is 1. The highest BCUT2D eigenvalue weighted by molar-refractivity contribution is 6.28. The Labute approximate surface area is 98.2 Å². The van der Waals surface area contributed by atoms with E-state index in [0.29, 0.717) is 5.69 Å². The molecule has 1 aliphatic heterocycles. The van der Waals surface area contributed by atoms with E-state index in [1.165, 1.54) is 12.2 Å². The molecule has 0 spiro atoms. The van der Waals surface area contributed by atoms with Gasteiger partial charge in [-0.2, -0.15) is 0 Å². The standard InChI is InChI=1S/C13H9NO3/c15-9-1-2-10-3-5-11(6-4-10)14-12(16)7-8-13(14)17/h3-8,15H,9H2. The van der Waals surface area contributed by atoms with Crippen molar-refractivity contribution in [1.82, 2.24) is 0 Å². The number of imide groups is 1. The number of amides is 2. The van der Waals surface area contributed by atoms with Crippen LogP contribution in [0.3, 0.4) is 0 Å². The first-order valence-electron chi connectivity index (χ1n) is 4.98. The molecule has 0 aromatic heterocycles. The third-order valence-corrected chi connectivity index (χ3v) is 2.25. The number of anilines is 1. The summed E-state index contributed by atoms with van der Waals surface area (Å²) in [6, 6.07) is 6.67. The van der Waals surface area contributed by atoms with Crippen LogP contribution in [0.15, 0.2) is 36.4 Å². The normalized spacial score (nSPS) is 13.8. The molecule has 4 heteroatoms. The van der Waals surface area contributed by atoms with Crippen LogP contribution in [0, 0.1) is 11.8 Å². The fourth-order valence-electron chi connectivity index (χ4n) is 1.49. The lowest BCUT2D eigenvalue weighted by Gasteiger charge is -2.13. The second-order valence-electron chi connectivity index (χ2n) is 3.35. The Morgan fingerprint density at radius 3 is 2.18 bits per heavy atom. The molecule has 0 unspecified atom stereocenters. The Hall–Kier alpha value is -2.38. The second-order valence-corrected chi connectivity index (χ2v) is 3.35. The van der Waals surface area contributed by atoms with Gasteiger partial charge < -0.3 is 5.11 Å². The van der Waals surface area contributed by atoms with E-state index in [2.05, 4.69) is 11.8 Å². The quantitative estimate of drug-likeness (QED) is 0.560. The van der Waals surface area contributed by atoms with Gasteiger partial charge >= 0.3 is 0 Å². The minimum absolute atomic E-state index is 0.200. The highest BCUT2D eigenvalue weighted by Crippen LogP contribution is 2.19. The molecular formula is C13H9NO3. The smallest absolute Gasteiger partial charge is 0.258 e. The van der Waals surface area contributed by atoms with E-state index in [4.69, 9.17) is 5.11 Å². The maximum absolute atomic E-state index is 11.4. The summed E-state index contributed by atoms with van der Waals surface area (Å²) in [4.78, 5) is 23.9. The van der Waals surface area contributed by atoms with Crippen LogP contribution in [0.4, 0.5) is 5.69 Å². The van der Waals surface area contributed by atoms with Crippen LogP contribution in [-0.2, 0) is 9.59 Å². The van der Waals surface area contributed by atoms with Crippen LogP contribution in [0.25, 0.3) is 0 Å². The Bertz CT molecular complexity index is 528. The number of aliphatic hydroxyl groups is 1. The van der Waals surface area contributed by atoms with Crippen LogP contribution in [0.5, 0.6) is 0 Å². The number of benzene rings is 1. The molecule has 2 rings (SSSR count). The summed E-state index contributed by atoms with van der Waals surface area (Å²) < 4.78 is 0. The molecule has 0 saturated heterocycles. The fraction of sp³-hybridized carbons (Fsp3) is 0.0769. The van der Waals surface area contributed by atoms with Crippen molar-refractivity contribution in [2.24, 2.45) is 0 Å². The van der Waals surface area contributed by atoms with E-state index in [9.17, 15) is 9.59 Å². The summed E-state index contributed by atoms with van der Waals surface area (Å²) in [7, 11) is 0. The molecule has 0 radical (unpaired) electrons. The van der Waals surface area contributed by atoms with E-state index in [0.717, 1.165) is 10.5 Å². The predicted molar refractivity (Wildman–Crippen MR) is 62.0 cm³/mol. The predicted octanol–water partition coefficient (Wildman–Crippen LogP) is 0.460. The summed E-state index contributed by atoms with van der Waals surface area (Å²) in [6.45, 7) is -0.200. The highest BCUT2D eigenvalue weighted by Gasteiger charge is 2.24. The van der Waals surface area contributed by atoms with E-state index in [-0.39, 0.29) is 18.4 Å². The van der Waals surface area contributed by atoms with Crippen molar-refractivity contribution in [2.45, 2.75) is 0 Å². The van der Waals surface area contributed by atoms with Crippen LogP contribution in [0.1, 0.15) is 5.56 Å². The van der Waals surface area contributed by atoms with Gasteiger partial charge in [-0.15, -0.1) is 0 Å². The summed E-state index contributed by atoms with van der Waals surface area (Å²) in [5.41, 5.74) is 1.23. The third kappa shape index (κ3) is 2.25. The molecule has 1 aromatic carbocycles. The summed E-state index contributed by atoms with van der Waals surface area (Å²) in [6.07, 6.45) is 2.48. The lowest BCUT2D eigenvalue weighted by Crippen LogP contribution is -2.29. The van der Waals surface area contributed by atoms with Crippen molar-refractivity contribution in [2.75, 3.05) is 11.5 Å². The Kier molecular flexibility index (Phi) is 3.03. The number of carbonyl (C=O) groups excluding carboxylic acids is 2. The zero-order valence-corrected chi connectivity index (χ0v) is 8.88. The monoisotopic (exact) mass is 227 g/mol. The van der Waals surface area contributed by atoms with Gasteiger partial charge in [0.15, 0.2) is 0 Å². The number of hydrogen-bond acceptors (Lipinski definition) is 3. The van der Waals surface area contributed by atoms with Gasteiger partial charge in [0.2, 0.25) is 0 Å². The van der Waals surface area contributed by atoms with Crippen molar-refractivity contribution >= 4 is 17.5 Å². The summed E-state index contributed by atoms with van der Waals surface area (Å²) in [5.74, 6) is 4.56. The average molecular weight is 227 g/mol. The van der Waals surface area contributed by atoms with Crippen molar-refractivity contribution in [3.63, 3.8) is 0 Å². The van der Waals surface area contributed by atoms with Crippen LogP contribution >= 0.6 is 0 Å². The van der Waals surface area contributed by atoms with Crippen LogP contribution in [-0.4, -0.2) is 23.5 Å². The van der Waals surface area contributed by atoms with E-state index < -0.39 is 0 Å². The molecule has 0 bridgehead atoms. The van der Waals surface area contributed by atoms with E-state index >= 15 is 0 Å². The molecule has 1 aliphatic rings. The molecule has 1 aromatic rings. The maximum atomic E-state index is 11.4. The number of carbonyl (C=O) groups is 2. The first kappa shape index (κ1) is 11.1. The van der Waals surface area contributed by atoms with Crippen molar-refractivity contribution in [3.8, 4) is 11.8 Å². The number of aliphatic hydroxyl groups excluding tert-OH is 1. The van der Waals surface area contributed by atoms with Gasteiger partial charge in [0.1, 0.15) is 6.61 Å². The first-order chi connectivity index (χ1) is 8.22. The van der Waals surface area contributed by atoms with Crippen molar-refractivity contribution in [1.29, 1.82) is 0 Å². The van der Waals surface area contributed by atoms with Gasteiger partial charge in [0.25, 0.3) is 11.8 Å². The molecule has 1 N–H and O–H groups in total. The van der Waals surface area contributed by atoms with E-state index in [1.807, 2.05) is 0 Å². The first-order valence-corrected chi connectivity index (χ1v) is 4.98. The van der Waals surface area contributed by atoms with Gasteiger partial charge in [-0.05, 0) is 24.3 Å². The summed E-state index contributed by atoms with van der Waals surface area (Å²) in [5, 5.41) is 8.54. The third-order valence-electron chi connectivity index (χ3n) is 2.25. The minimum atomic E-state index is -0.343. The number of hydrogen-bond donors (Lipinski definition) is 1. The Morgan fingerprint density at radius 1 is 1.06 bits per heavy atom. The van der Waals surface area contributed by atoms with Gasteiger partial charge in [-0.3, -0.25) is 9.59 Å². The molecule has 0 fully saturated rings. The lowest BCUT2D eigenvalue weighted by atomic mass is 10.2. The minimum Gasteiger partial charge on any atom is -0.384 e. The molecule has 0 atom stereocenters. The van der Waals surface area contributed by atoms with Gasteiger partial charge in [0, 0.05) is 17.7 Å². The van der Waals surface area contributed by atoms with Crippen LogP contribution < -0.4 is 4.90 Å². The highest BCUT2D eigenvalue weighted by atomic mass is 16.2. The zero-order valence-electron chi connectivity index (χ0n) is 8.88. The Balaban J connectivity index is 2.24. The lowest BCUT2D eigenvalue weighted by molar-refractivity contribution is -0.119. The molecule has 84 valence electrons. The van der Waals surface area contributed by atoms with Crippen LogP contribution in [0.2, 0.25) is 0 Å². The van der Waals surface area contributed by atoms with Gasteiger partial charge in [-0.1, -0.05) is 11.8 Å². The zero-order chi connectivity index (χ0) is 12.3. The largest absolute Gasteiger partial charge is 0.384 e. The average Bonchev–Trinajstić information content (AvgIpc) is 2.67. The van der Waals surface area contributed by atoms with Gasteiger partial charge in [-0.25, -0.2) is 4.90 Å². The molecule has 4 nitrogen and oxygen atoms in total. The molecule has 0 aliphatic carbocycles. The molecule has 0 saturated carbocycles. The Morgan fingerprint density at radius 2 is 1.65 bits per heavy atom. The topological polar surface area (TPSA) is 57.6 Å². The van der Waals surface area contributed by atoms with Crippen molar-refractivity contribution in [3.05, 3.63) is 42.0 Å².